The molecule has 0 spiro atoms. The number of hydrogen-bond acceptors (Lipinski definition) is 6. The third-order valence-corrected chi connectivity index (χ3v) is 5.83. The van der Waals surface area contributed by atoms with Crippen LogP contribution >= 0.6 is 35.3 Å². The lowest BCUT2D eigenvalue weighted by Crippen LogP contribution is -2.36. The number of nitrogens with one attached hydrogen (secondary N) is 2. The van der Waals surface area contributed by atoms with Crippen molar-refractivity contribution in [3.63, 3.8) is 0 Å². The van der Waals surface area contributed by atoms with Crippen LogP contribution in [0.1, 0.15) is 36.6 Å². The molecular formula is C22H34IN5O2S. The maximum atomic E-state index is 6.04. The number of aliphatic imine (C=N–C) groups is 1. The van der Waals surface area contributed by atoms with E-state index >= 15 is 0 Å². The van der Waals surface area contributed by atoms with E-state index in [1.54, 1.807) is 11.3 Å². The Morgan fingerprint density at radius 2 is 2.03 bits per heavy atom. The molecule has 1 aromatic heterocycles. The van der Waals surface area contributed by atoms with Crippen LogP contribution < -0.4 is 15.5 Å². The van der Waals surface area contributed by atoms with Gasteiger partial charge in [0, 0.05) is 39.2 Å². The third-order valence-electron chi connectivity index (χ3n) is 4.77. The second-order valence-electron chi connectivity index (χ2n) is 7.51. The van der Waals surface area contributed by atoms with Crippen LogP contribution in [0.15, 0.2) is 34.6 Å². The minimum atomic E-state index is 0. The lowest BCUT2D eigenvalue weighted by molar-refractivity contribution is -0.0390. The fourth-order valence-electron chi connectivity index (χ4n) is 3.14. The van der Waals surface area contributed by atoms with Crippen molar-refractivity contribution in [3.8, 4) is 0 Å². The fraction of sp³-hybridized carbons (Fsp3) is 0.545. The van der Waals surface area contributed by atoms with E-state index in [0.717, 1.165) is 49.4 Å². The minimum absolute atomic E-state index is 0. The molecule has 1 aliphatic heterocycles. The summed E-state index contributed by atoms with van der Waals surface area (Å²) >= 11 is 1.64. The smallest absolute Gasteiger partial charge is 0.191 e. The van der Waals surface area contributed by atoms with Crippen molar-refractivity contribution in [1.29, 1.82) is 0 Å². The molecule has 1 fully saturated rings. The summed E-state index contributed by atoms with van der Waals surface area (Å²) in [5.74, 6) is 0.792. The molecule has 1 aromatic carbocycles. The van der Waals surface area contributed by atoms with Gasteiger partial charge in [-0.15, -0.1) is 35.3 Å². The van der Waals surface area contributed by atoms with Crippen LogP contribution in [0.3, 0.4) is 0 Å². The molecule has 31 heavy (non-hydrogen) atoms. The number of rotatable bonds is 9. The second kappa shape index (κ2) is 13.9. The van der Waals surface area contributed by atoms with E-state index in [0.29, 0.717) is 25.8 Å². The quantitative estimate of drug-likeness (QED) is 0.277. The van der Waals surface area contributed by atoms with Gasteiger partial charge in [0.2, 0.25) is 0 Å². The molecule has 2 N–H and O–H groups in total. The first-order valence-corrected chi connectivity index (χ1v) is 11.4. The number of halogens is 1. The van der Waals surface area contributed by atoms with Gasteiger partial charge in [-0.3, -0.25) is 0 Å². The molecule has 0 unspecified atom stereocenters. The summed E-state index contributed by atoms with van der Waals surface area (Å²) in [5, 5.41) is 9.76. The molecule has 2 aromatic rings. The van der Waals surface area contributed by atoms with Gasteiger partial charge in [0.05, 0.1) is 31.5 Å². The maximum absolute atomic E-state index is 6.04. The average Bonchev–Trinajstić information content (AvgIpc) is 3.25. The van der Waals surface area contributed by atoms with Crippen molar-refractivity contribution in [2.24, 2.45) is 4.99 Å². The van der Waals surface area contributed by atoms with E-state index in [2.05, 4.69) is 52.2 Å². The number of guanidine groups is 1. The zero-order chi connectivity index (χ0) is 21.2. The molecule has 0 aliphatic carbocycles. The zero-order valence-corrected chi connectivity index (χ0v) is 21.7. The van der Waals surface area contributed by atoms with Gasteiger partial charge < -0.3 is 25.0 Å². The van der Waals surface area contributed by atoms with Crippen LogP contribution in [0.25, 0.3) is 0 Å². The molecule has 2 heterocycles. The van der Waals surface area contributed by atoms with E-state index in [1.165, 1.54) is 11.1 Å². The molecule has 1 aliphatic rings. The highest BCUT2D eigenvalue weighted by Crippen LogP contribution is 2.18. The Bertz CT molecular complexity index is 809. The standard InChI is InChI=1S/C22H33N5O2S.HI/c1-4-23-21(25-14-19-16-30-22(26-19)27(2)3)24-13-17-6-5-7-18(12-17)15-29-20-8-10-28-11-9-20;/h5-7,12,16,20H,4,8-11,13-15H2,1-3H3,(H2,23,24,25);1H. The van der Waals surface area contributed by atoms with Crippen molar-refractivity contribution in [2.45, 2.75) is 45.6 Å². The van der Waals surface area contributed by atoms with Gasteiger partial charge in [0.1, 0.15) is 0 Å². The summed E-state index contributed by atoms with van der Waals surface area (Å²) in [4.78, 5) is 11.4. The minimum Gasteiger partial charge on any atom is -0.381 e. The summed E-state index contributed by atoms with van der Waals surface area (Å²) < 4.78 is 11.4. The number of thiazole rings is 1. The first-order valence-electron chi connectivity index (χ1n) is 10.5. The average molecular weight is 560 g/mol. The molecular weight excluding hydrogens is 525 g/mol. The monoisotopic (exact) mass is 559 g/mol. The molecule has 0 amide bonds. The Balaban J connectivity index is 0.00000341. The lowest BCUT2D eigenvalue weighted by atomic mass is 10.1. The fourth-order valence-corrected chi connectivity index (χ4v) is 3.90. The van der Waals surface area contributed by atoms with Crippen molar-refractivity contribution < 1.29 is 9.47 Å². The van der Waals surface area contributed by atoms with Crippen molar-refractivity contribution in [3.05, 3.63) is 46.5 Å². The summed E-state index contributed by atoms with van der Waals surface area (Å²) in [6.45, 7) is 6.38. The van der Waals surface area contributed by atoms with Crippen LogP contribution in [-0.2, 0) is 29.2 Å². The predicted molar refractivity (Wildman–Crippen MR) is 139 cm³/mol. The molecule has 0 bridgehead atoms. The molecule has 3 rings (SSSR count). The third kappa shape index (κ3) is 8.91. The molecule has 172 valence electrons. The highest BCUT2D eigenvalue weighted by atomic mass is 127. The van der Waals surface area contributed by atoms with Crippen molar-refractivity contribution in [2.75, 3.05) is 38.8 Å². The Morgan fingerprint density at radius 3 is 2.74 bits per heavy atom. The number of hydrogen-bond donors (Lipinski definition) is 2. The molecule has 0 radical (unpaired) electrons. The largest absolute Gasteiger partial charge is 0.381 e. The number of aromatic nitrogens is 1. The van der Waals surface area contributed by atoms with Gasteiger partial charge in [-0.2, -0.15) is 0 Å². The van der Waals surface area contributed by atoms with E-state index in [1.807, 2.05) is 19.0 Å². The van der Waals surface area contributed by atoms with Crippen LogP contribution in [0.4, 0.5) is 5.13 Å². The zero-order valence-electron chi connectivity index (χ0n) is 18.6. The van der Waals surface area contributed by atoms with Gasteiger partial charge >= 0.3 is 0 Å². The number of ether oxygens (including phenoxy) is 2. The Morgan fingerprint density at radius 1 is 1.26 bits per heavy atom. The van der Waals surface area contributed by atoms with E-state index in [9.17, 15) is 0 Å². The van der Waals surface area contributed by atoms with E-state index in [-0.39, 0.29) is 24.0 Å². The summed E-state index contributed by atoms with van der Waals surface area (Å²) in [6.07, 6.45) is 2.27. The van der Waals surface area contributed by atoms with Gasteiger partial charge in [0.25, 0.3) is 0 Å². The van der Waals surface area contributed by atoms with Crippen molar-refractivity contribution in [1.82, 2.24) is 15.6 Å². The molecule has 7 nitrogen and oxygen atoms in total. The molecule has 0 saturated carbocycles. The Kier molecular flexibility index (Phi) is 11.6. The van der Waals surface area contributed by atoms with Crippen LogP contribution in [0.2, 0.25) is 0 Å². The van der Waals surface area contributed by atoms with Gasteiger partial charge in [-0.25, -0.2) is 9.98 Å². The normalized spacial score (nSPS) is 14.7. The lowest BCUT2D eigenvalue weighted by Gasteiger charge is -2.22. The highest BCUT2D eigenvalue weighted by molar-refractivity contribution is 14.0. The molecule has 0 atom stereocenters. The van der Waals surface area contributed by atoms with E-state index in [4.69, 9.17) is 14.5 Å². The predicted octanol–water partition coefficient (Wildman–Crippen LogP) is 3.78. The highest BCUT2D eigenvalue weighted by Gasteiger charge is 2.14. The van der Waals surface area contributed by atoms with Crippen LogP contribution in [0.5, 0.6) is 0 Å². The second-order valence-corrected chi connectivity index (χ2v) is 8.34. The Hall–Kier alpha value is -1.43. The number of anilines is 1. The summed E-state index contributed by atoms with van der Waals surface area (Å²) in [6, 6.07) is 8.47. The topological polar surface area (TPSA) is 71.0 Å². The Labute approximate surface area is 206 Å². The van der Waals surface area contributed by atoms with Crippen LogP contribution in [0, 0.1) is 0 Å². The van der Waals surface area contributed by atoms with Crippen molar-refractivity contribution >= 4 is 46.4 Å². The van der Waals surface area contributed by atoms with E-state index < -0.39 is 0 Å². The summed E-state index contributed by atoms with van der Waals surface area (Å²) in [7, 11) is 4.01. The van der Waals surface area contributed by atoms with Gasteiger partial charge in [-0.1, -0.05) is 24.3 Å². The molecule has 9 heteroatoms. The summed E-state index contributed by atoms with van der Waals surface area (Å²) in [5.41, 5.74) is 3.37. The molecule has 1 saturated heterocycles. The van der Waals surface area contributed by atoms with Gasteiger partial charge in [0.15, 0.2) is 11.1 Å². The van der Waals surface area contributed by atoms with Crippen LogP contribution in [-0.4, -0.2) is 50.9 Å². The SMILES string of the molecule is CCNC(=NCc1cccc(COC2CCOCC2)c1)NCc1csc(N(C)C)n1.I. The first-order chi connectivity index (χ1) is 14.6. The van der Waals surface area contributed by atoms with Gasteiger partial charge in [-0.05, 0) is 30.9 Å². The number of benzene rings is 1. The first kappa shape index (κ1) is 25.8. The maximum Gasteiger partial charge on any atom is 0.191 e. The number of nitrogens with zero attached hydrogens (tertiary/aromatic N) is 3.